The predicted octanol–water partition coefficient (Wildman–Crippen LogP) is -2.12. The number of carbonyl (C=O) groups excluding carboxylic acids is 2. The van der Waals surface area contributed by atoms with Gasteiger partial charge in [0.25, 0.3) is 0 Å². The van der Waals surface area contributed by atoms with Crippen molar-refractivity contribution < 1.29 is 34.5 Å². The van der Waals surface area contributed by atoms with E-state index in [4.69, 9.17) is 15.9 Å². The molecule has 0 unspecified atom stereocenters. The molecule has 0 heterocycles. The van der Waals surface area contributed by atoms with Crippen LogP contribution in [-0.4, -0.2) is 63.3 Å². The van der Waals surface area contributed by atoms with Crippen LogP contribution in [0.15, 0.2) is 0 Å². The topological polar surface area (TPSA) is 179 Å². The van der Waals surface area contributed by atoms with Gasteiger partial charge in [-0.1, -0.05) is 13.8 Å². The Hall–Kier alpha value is -2.20. The molecule has 0 aromatic carbocycles. The lowest BCUT2D eigenvalue weighted by Gasteiger charge is -2.25. The molecule has 0 rings (SSSR count). The summed E-state index contributed by atoms with van der Waals surface area (Å²) in [6.45, 7) is 4.38. The summed E-state index contributed by atoms with van der Waals surface area (Å²) in [6.07, 6.45) is -1.98. The molecule has 0 aliphatic heterocycles. The van der Waals surface area contributed by atoms with Gasteiger partial charge in [0.05, 0.1) is 18.6 Å². The molecule has 0 fully saturated rings. The van der Waals surface area contributed by atoms with Gasteiger partial charge in [-0.2, -0.15) is 0 Å². The van der Waals surface area contributed by atoms with Crippen molar-refractivity contribution in [3.63, 3.8) is 0 Å². The second-order valence-corrected chi connectivity index (χ2v) is 5.50. The van der Waals surface area contributed by atoms with E-state index < -0.39 is 60.3 Å². The number of amides is 2. The van der Waals surface area contributed by atoms with E-state index >= 15 is 0 Å². The van der Waals surface area contributed by atoms with Gasteiger partial charge < -0.3 is 31.7 Å². The number of carboxylic acids is 2. The van der Waals surface area contributed by atoms with E-state index in [2.05, 4.69) is 10.6 Å². The van der Waals surface area contributed by atoms with E-state index in [1.165, 1.54) is 6.92 Å². The van der Waals surface area contributed by atoms with Crippen LogP contribution in [0, 0.1) is 5.92 Å². The number of aliphatic hydroxyl groups is 1. The fourth-order valence-electron chi connectivity index (χ4n) is 1.70. The van der Waals surface area contributed by atoms with E-state index in [1.807, 2.05) is 0 Å². The number of nitrogens with one attached hydrogen (secondary N) is 2. The number of nitrogens with two attached hydrogens (primary N) is 1. The molecule has 0 saturated carbocycles. The van der Waals surface area contributed by atoms with Crippen molar-refractivity contribution in [1.29, 1.82) is 0 Å². The maximum atomic E-state index is 12.1. The maximum absolute atomic E-state index is 12.1. The van der Waals surface area contributed by atoms with Crippen molar-refractivity contribution in [1.82, 2.24) is 10.6 Å². The SMILES string of the molecule is CC(C)[C@H](NC(=O)[C@@H](NC(=O)[C@@H](N)CC(=O)O)[C@@H](C)O)C(=O)O. The van der Waals surface area contributed by atoms with Crippen molar-refractivity contribution in [3.8, 4) is 0 Å². The third kappa shape index (κ3) is 7.06. The number of hydrogen-bond acceptors (Lipinski definition) is 6. The Morgan fingerprint density at radius 1 is 0.957 bits per heavy atom. The fourth-order valence-corrected chi connectivity index (χ4v) is 1.70. The first-order valence-corrected chi connectivity index (χ1v) is 6.96. The van der Waals surface area contributed by atoms with E-state index in [9.17, 15) is 24.3 Å². The van der Waals surface area contributed by atoms with Crippen molar-refractivity contribution in [3.05, 3.63) is 0 Å². The molecule has 0 aromatic rings. The minimum Gasteiger partial charge on any atom is -0.481 e. The summed E-state index contributed by atoms with van der Waals surface area (Å²) < 4.78 is 0. The molecule has 0 radical (unpaired) electrons. The molecule has 2 amide bonds. The molecule has 23 heavy (non-hydrogen) atoms. The second-order valence-electron chi connectivity index (χ2n) is 5.50. The Bertz CT molecular complexity index is 464. The number of rotatable bonds is 9. The van der Waals surface area contributed by atoms with E-state index in [-0.39, 0.29) is 0 Å². The van der Waals surface area contributed by atoms with Crippen molar-refractivity contribution in [2.24, 2.45) is 11.7 Å². The molecule has 0 aliphatic rings. The van der Waals surface area contributed by atoms with Gasteiger partial charge in [-0.25, -0.2) is 4.79 Å². The van der Waals surface area contributed by atoms with Crippen LogP contribution < -0.4 is 16.4 Å². The van der Waals surface area contributed by atoms with E-state index in [0.29, 0.717) is 0 Å². The Labute approximate surface area is 133 Å². The molecule has 0 spiro atoms. The van der Waals surface area contributed by atoms with Gasteiger partial charge in [-0.15, -0.1) is 0 Å². The van der Waals surface area contributed by atoms with Crippen LogP contribution >= 0.6 is 0 Å². The number of aliphatic carboxylic acids is 2. The molecule has 132 valence electrons. The summed E-state index contributed by atoms with van der Waals surface area (Å²) in [7, 11) is 0. The number of carbonyl (C=O) groups is 4. The van der Waals surface area contributed by atoms with Crippen molar-refractivity contribution in [2.75, 3.05) is 0 Å². The molecular formula is C13H23N3O7. The van der Waals surface area contributed by atoms with Gasteiger partial charge >= 0.3 is 11.9 Å². The molecular weight excluding hydrogens is 310 g/mol. The lowest BCUT2D eigenvalue weighted by Crippen LogP contribution is -2.59. The highest BCUT2D eigenvalue weighted by atomic mass is 16.4. The first kappa shape index (κ1) is 20.8. The number of hydrogen-bond donors (Lipinski definition) is 6. The minimum atomic E-state index is -1.46. The molecule has 0 saturated heterocycles. The predicted molar refractivity (Wildman–Crippen MR) is 78.2 cm³/mol. The molecule has 0 aromatic heterocycles. The average molecular weight is 333 g/mol. The standard InChI is InChI=1S/C13H23N3O7/c1-5(2)9(13(22)23)15-12(21)10(6(3)17)16-11(20)7(14)4-8(18)19/h5-7,9-10,17H,4,14H2,1-3H3,(H,15,21)(H,16,20)(H,18,19)(H,22,23)/t6-,7+,9+,10+/m1/s1. The van der Waals surface area contributed by atoms with E-state index in [1.54, 1.807) is 13.8 Å². The molecule has 7 N–H and O–H groups in total. The van der Waals surface area contributed by atoms with Crippen LogP contribution in [0.5, 0.6) is 0 Å². The van der Waals surface area contributed by atoms with Gasteiger partial charge in [0, 0.05) is 0 Å². The second kappa shape index (κ2) is 9.06. The van der Waals surface area contributed by atoms with Gasteiger partial charge in [-0.3, -0.25) is 14.4 Å². The first-order chi connectivity index (χ1) is 10.5. The average Bonchev–Trinajstić information content (AvgIpc) is 2.39. The highest BCUT2D eigenvalue weighted by Gasteiger charge is 2.32. The van der Waals surface area contributed by atoms with E-state index in [0.717, 1.165) is 0 Å². The summed E-state index contributed by atoms with van der Waals surface area (Å²) in [6, 6.07) is -4.06. The van der Waals surface area contributed by atoms with Gasteiger partial charge in [0.15, 0.2) is 0 Å². The molecule has 0 bridgehead atoms. The summed E-state index contributed by atoms with van der Waals surface area (Å²) in [5.74, 6) is -4.82. The monoisotopic (exact) mass is 333 g/mol. The normalized spacial score (nSPS) is 16.1. The Morgan fingerprint density at radius 2 is 1.43 bits per heavy atom. The fraction of sp³-hybridized carbons (Fsp3) is 0.692. The summed E-state index contributed by atoms with van der Waals surface area (Å²) in [5.41, 5.74) is 5.36. The zero-order valence-corrected chi connectivity index (χ0v) is 13.1. The quantitative estimate of drug-likeness (QED) is 0.277. The van der Waals surface area contributed by atoms with Crippen LogP contribution in [0.1, 0.15) is 27.2 Å². The minimum absolute atomic E-state index is 0.420. The lowest BCUT2D eigenvalue weighted by atomic mass is 10.0. The number of carboxylic acid groups (broad SMARTS) is 2. The van der Waals surface area contributed by atoms with Crippen LogP contribution in [-0.2, 0) is 19.2 Å². The Balaban J connectivity index is 4.97. The smallest absolute Gasteiger partial charge is 0.326 e. The lowest BCUT2D eigenvalue weighted by molar-refractivity contribution is -0.144. The van der Waals surface area contributed by atoms with Crippen LogP contribution in [0.4, 0.5) is 0 Å². The zero-order chi connectivity index (χ0) is 18.3. The van der Waals surface area contributed by atoms with Gasteiger partial charge in [0.1, 0.15) is 12.1 Å². The molecule has 0 aliphatic carbocycles. The molecule has 10 heteroatoms. The molecule has 10 nitrogen and oxygen atoms in total. The zero-order valence-electron chi connectivity index (χ0n) is 13.1. The van der Waals surface area contributed by atoms with Crippen LogP contribution in [0.25, 0.3) is 0 Å². The Morgan fingerprint density at radius 3 is 1.78 bits per heavy atom. The maximum Gasteiger partial charge on any atom is 0.326 e. The Kier molecular flexibility index (Phi) is 8.19. The largest absolute Gasteiger partial charge is 0.481 e. The number of aliphatic hydroxyl groups excluding tert-OH is 1. The van der Waals surface area contributed by atoms with Crippen molar-refractivity contribution in [2.45, 2.75) is 51.4 Å². The van der Waals surface area contributed by atoms with Crippen molar-refractivity contribution >= 4 is 23.8 Å². The third-order valence-corrected chi connectivity index (χ3v) is 3.02. The first-order valence-electron chi connectivity index (χ1n) is 6.96. The molecule has 4 atom stereocenters. The summed E-state index contributed by atoms with van der Waals surface area (Å²) in [4.78, 5) is 45.4. The van der Waals surface area contributed by atoms with Crippen LogP contribution in [0.3, 0.4) is 0 Å². The highest BCUT2D eigenvalue weighted by Crippen LogP contribution is 2.04. The summed E-state index contributed by atoms with van der Waals surface area (Å²) in [5, 5.41) is 31.5. The third-order valence-electron chi connectivity index (χ3n) is 3.02. The summed E-state index contributed by atoms with van der Waals surface area (Å²) >= 11 is 0. The van der Waals surface area contributed by atoms with Gasteiger partial charge in [0.2, 0.25) is 11.8 Å². The van der Waals surface area contributed by atoms with Crippen LogP contribution in [0.2, 0.25) is 0 Å². The van der Waals surface area contributed by atoms with Gasteiger partial charge in [-0.05, 0) is 12.8 Å². The highest BCUT2D eigenvalue weighted by molar-refractivity contribution is 5.93.